The summed E-state index contributed by atoms with van der Waals surface area (Å²) >= 11 is 1.74. The smallest absolute Gasteiger partial charge is 0.148 e. The Balaban J connectivity index is 2.24. The summed E-state index contributed by atoms with van der Waals surface area (Å²) in [5, 5.41) is 12.6. The second-order valence-electron chi connectivity index (χ2n) is 3.90. The second kappa shape index (κ2) is 4.06. The molecule has 0 aliphatic rings. The Bertz CT molecular complexity index is 442. The third-order valence-corrected chi connectivity index (χ3v) is 3.17. The van der Waals surface area contributed by atoms with Crippen molar-refractivity contribution in [1.29, 1.82) is 0 Å². The van der Waals surface area contributed by atoms with Crippen LogP contribution in [0.2, 0.25) is 0 Å². The van der Waals surface area contributed by atoms with E-state index < -0.39 is 0 Å². The zero-order chi connectivity index (χ0) is 10.8. The molecule has 2 rings (SSSR count). The molecular weight excluding hydrogens is 206 g/mol. The predicted octanol–water partition coefficient (Wildman–Crippen LogP) is 3.27. The van der Waals surface area contributed by atoms with Gasteiger partial charge in [-0.2, -0.15) is 5.10 Å². The molecule has 0 aliphatic carbocycles. The van der Waals surface area contributed by atoms with E-state index in [9.17, 15) is 0 Å². The molecular formula is C11H15N3S. The van der Waals surface area contributed by atoms with Gasteiger partial charge in [0.25, 0.3) is 0 Å². The molecule has 80 valence electrons. The highest BCUT2D eigenvalue weighted by atomic mass is 32.1. The van der Waals surface area contributed by atoms with Crippen LogP contribution in [-0.2, 0) is 0 Å². The SMILES string of the molecule is Cc1ccsc1-c1cc(NC(C)C)n[nH]1. The largest absolute Gasteiger partial charge is 0.366 e. The normalized spacial score (nSPS) is 10.9. The van der Waals surface area contributed by atoms with Gasteiger partial charge in [-0.1, -0.05) is 0 Å². The van der Waals surface area contributed by atoms with Crippen molar-refractivity contribution in [2.75, 3.05) is 5.32 Å². The molecule has 0 spiro atoms. The van der Waals surface area contributed by atoms with Crippen molar-refractivity contribution in [2.24, 2.45) is 0 Å². The van der Waals surface area contributed by atoms with Crippen molar-refractivity contribution in [3.05, 3.63) is 23.1 Å². The highest BCUT2D eigenvalue weighted by Crippen LogP contribution is 2.28. The van der Waals surface area contributed by atoms with Crippen LogP contribution in [0.1, 0.15) is 19.4 Å². The predicted molar refractivity (Wildman–Crippen MR) is 65.4 cm³/mol. The molecule has 0 fully saturated rings. The maximum absolute atomic E-state index is 4.22. The van der Waals surface area contributed by atoms with E-state index in [1.807, 2.05) is 0 Å². The molecule has 2 aromatic heterocycles. The van der Waals surface area contributed by atoms with Crippen LogP contribution in [0.3, 0.4) is 0 Å². The molecule has 2 N–H and O–H groups in total. The Hall–Kier alpha value is -1.29. The average molecular weight is 221 g/mol. The summed E-state index contributed by atoms with van der Waals surface area (Å²) in [6.07, 6.45) is 0. The first-order valence-electron chi connectivity index (χ1n) is 5.03. The van der Waals surface area contributed by atoms with Gasteiger partial charge < -0.3 is 5.32 Å². The van der Waals surface area contributed by atoms with Gasteiger partial charge in [-0.25, -0.2) is 0 Å². The van der Waals surface area contributed by atoms with Gasteiger partial charge in [-0.3, -0.25) is 5.10 Å². The Kier molecular flexibility index (Phi) is 2.77. The average Bonchev–Trinajstić information content (AvgIpc) is 2.72. The van der Waals surface area contributed by atoms with E-state index in [4.69, 9.17) is 0 Å². The fourth-order valence-corrected chi connectivity index (χ4v) is 2.35. The van der Waals surface area contributed by atoms with Gasteiger partial charge >= 0.3 is 0 Å². The lowest BCUT2D eigenvalue weighted by Gasteiger charge is -2.04. The van der Waals surface area contributed by atoms with Gasteiger partial charge in [-0.15, -0.1) is 11.3 Å². The Labute approximate surface area is 93.5 Å². The van der Waals surface area contributed by atoms with Crippen LogP contribution in [0.4, 0.5) is 5.82 Å². The van der Waals surface area contributed by atoms with Crippen molar-refractivity contribution in [2.45, 2.75) is 26.8 Å². The highest BCUT2D eigenvalue weighted by molar-refractivity contribution is 7.13. The van der Waals surface area contributed by atoms with Crippen LogP contribution in [0.15, 0.2) is 17.5 Å². The molecule has 2 aromatic rings. The van der Waals surface area contributed by atoms with Crippen LogP contribution in [0.5, 0.6) is 0 Å². The molecule has 0 radical (unpaired) electrons. The minimum absolute atomic E-state index is 0.408. The van der Waals surface area contributed by atoms with Crippen LogP contribution in [0, 0.1) is 6.92 Å². The summed E-state index contributed by atoms with van der Waals surface area (Å²) in [6.45, 7) is 6.32. The molecule has 0 saturated carbocycles. The number of rotatable bonds is 3. The molecule has 0 aromatic carbocycles. The third kappa shape index (κ3) is 2.21. The summed E-state index contributed by atoms with van der Waals surface area (Å²) in [5.41, 5.74) is 2.38. The lowest BCUT2D eigenvalue weighted by molar-refractivity contribution is 0.884. The topological polar surface area (TPSA) is 40.7 Å². The van der Waals surface area contributed by atoms with E-state index in [2.05, 4.69) is 53.8 Å². The van der Waals surface area contributed by atoms with Crippen molar-refractivity contribution < 1.29 is 0 Å². The van der Waals surface area contributed by atoms with Crippen LogP contribution < -0.4 is 5.32 Å². The third-order valence-electron chi connectivity index (χ3n) is 2.12. The molecule has 0 atom stereocenters. The van der Waals surface area contributed by atoms with E-state index in [-0.39, 0.29) is 0 Å². The van der Waals surface area contributed by atoms with E-state index >= 15 is 0 Å². The van der Waals surface area contributed by atoms with Crippen molar-refractivity contribution in [1.82, 2.24) is 10.2 Å². The Morgan fingerprint density at radius 2 is 2.27 bits per heavy atom. The first-order chi connectivity index (χ1) is 7.16. The van der Waals surface area contributed by atoms with Gasteiger partial charge in [0, 0.05) is 12.1 Å². The van der Waals surface area contributed by atoms with Crippen molar-refractivity contribution >= 4 is 17.2 Å². The van der Waals surface area contributed by atoms with E-state index in [1.54, 1.807) is 11.3 Å². The number of H-pyrrole nitrogens is 1. The fourth-order valence-electron chi connectivity index (χ4n) is 1.46. The number of nitrogens with one attached hydrogen (secondary N) is 2. The van der Waals surface area contributed by atoms with Crippen LogP contribution >= 0.6 is 11.3 Å². The number of hydrogen-bond acceptors (Lipinski definition) is 3. The number of nitrogens with zero attached hydrogens (tertiary/aromatic N) is 1. The molecule has 2 heterocycles. The van der Waals surface area contributed by atoms with E-state index in [1.165, 1.54) is 10.4 Å². The molecule has 0 unspecified atom stereocenters. The van der Waals surface area contributed by atoms with E-state index in [0.29, 0.717) is 6.04 Å². The van der Waals surface area contributed by atoms with Crippen molar-refractivity contribution in [3.63, 3.8) is 0 Å². The summed E-state index contributed by atoms with van der Waals surface area (Å²) in [4.78, 5) is 1.26. The minimum atomic E-state index is 0.408. The Morgan fingerprint density at radius 1 is 1.47 bits per heavy atom. The molecule has 4 heteroatoms. The monoisotopic (exact) mass is 221 g/mol. The lowest BCUT2D eigenvalue weighted by atomic mass is 10.2. The molecule has 0 saturated heterocycles. The van der Waals surface area contributed by atoms with Crippen LogP contribution in [0.25, 0.3) is 10.6 Å². The molecule has 0 bridgehead atoms. The maximum atomic E-state index is 4.22. The van der Waals surface area contributed by atoms with Gasteiger partial charge in [0.15, 0.2) is 0 Å². The summed E-state index contributed by atoms with van der Waals surface area (Å²) in [5.74, 6) is 0.910. The standard InChI is InChI=1S/C11H15N3S/c1-7(2)12-10-6-9(13-14-10)11-8(3)4-5-15-11/h4-7H,1-3H3,(H2,12,13,14). The minimum Gasteiger partial charge on any atom is -0.366 e. The number of hydrogen-bond donors (Lipinski definition) is 2. The lowest BCUT2D eigenvalue weighted by Crippen LogP contribution is -2.09. The fraction of sp³-hybridized carbons (Fsp3) is 0.364. The first-order valence-corrected chi connectivity index (χ1v) is 5.91. The number of thiophene rings is 1. The maximum Gasteiger partial charge on any atom is 0.148 e. The quantitative estimate of drug-likeness (QED) is 0.835. The van der Waals surface area contributed by atoms with Gasteiger partial charge in [0.05, 0.1) is 10.6 Å². The highest BCUT2D eigenvalue weighted by Gasteiger charge is 2.07. The van der Waals surface area contributed by atoms with Gasteiger partial charge in [0.1, 0.15) is 5.82 Å². The molecule has 3 nitrogen and oxygen atoms in total. The van der Waals surface area contributed by atoms with Crippen molar-refractivity contribution in [3.8, 4) is 10.6 Å². The summed E-state index contributed by atoms with van der Waals surface area (Å²) in [6, 6.07) is 4.58. The Morgan fingerprint density at radius 3 is 2.87 bits per heavy atom. The molecule has 15 heavy (non-hydrogen) atoms. The van der Waals surface area contributed by atoms with Gasteiger partial charge in [0.2, 0.25) is 0 Å². The zero-order valence-corrected chi connectivity index (χ0v) is 9.98. The summed E-state index contributed by atoms with van der Waals surface area (Å²) < 4.78 is 0. The number of anilines is 1. The van der Waals surface area contributed by atoms with Crippen LogP contribution in [-0.4, -0.2) is 16.2 Å². The van der Waals surface area contributed by atoms with E-state index in [0.717, 1.165) is 11.5 Å². The van der Waals surface area contributed by atoms with Gasteiger partial charge in [-0.05, 0) is 37.8 Å². The number of aromatic nitrogens is 2. The molecule has 0 amide bonds. The zero-order valence-electron chi connectivity index (χ0n) is 9.16. The first kappa shape index (κ1) is 10.2. The second-order valence-corrected chi connectivity index (χ2v) is 4.81. The number of aromatic amines is 1. The molecule has 0 aliphatic heterocycles. The summed E-state index contributed by atoms with van der Waals surface area (Å²) in [7, 11) is 0. The number of aryl methyl sites for hydroxylation is 1.